The molecule has 0 spiro atoms. The topological polar surface area (TPSA) is 70.7 Å². The summed E-state index contributed by atoms with van der Waals surface area (Å²) in [5, 5.41) is 14.5. The van der Waals surface area contributed by atoms with Crippen LogP contribution in [0, 0.1) is 12.3 Å². The molecule has 176 valence electrons. The largest absolute Gasteiger partial charge is 0.481 e. The molecule has 1 aliphatic rings. The number of hydrogen-bond acceptors (Lipinski definition) is 4. The van der Waals surface area contributed by atoms with E-state index < -0.39 is 23.1 Å². The van der Waals surface area contributed by atoms with Crippen molar-refractivity contribution in [2.24, 2.45) is 5.41 Å². The number of piperidine rings is 1. The van der Waals surface area contributed by atoms with Crippen molar-refractivity contribution in [3.63, 3.8) is 0 Å². The van der Waals surface area contributed by atoms with Crippen molar-refractivity contribution in [1.82, 2.24) is 14.6 Å². The third-order valence-corrected chi connectivity index (χ3v) is 6.40. The minimum Gasteiger partial charge on any atom is -0.481 e. The van der Waals surface area contributed by atoms with E-state index in [0.717, 1.165) is 35.6 Å². The molecule has 33 heavy (non-hydrogen) atoms. The maximum Gasteiger partial charge on any atom is 0.416 e. The van der Waals surface area contributed by atoms with Gasteiger partial charge in [-0.15, -0.1) is 0 Å². The molecule has 1 fully saturated rings. The number of alkyl halides is 3. The quantitative estimate of drug-likeness (QED) is 0.554. The highest BCUT2D eigenvalue weighted by atomic mass is 19.4. The summed E-state index contributed by atoms with van der Waals surface area (Å²) in [6.07, 6.45) is -3.07. The molecule has 0 saturated carbocycles. The number of aryl methyl sites for hydroxylation is 1. The third-order valence-electron chi connectivity index (χ3n) is 6.40. The van der Waals surface area contributed by atoms with Crippen molar-refractivity contribution in [3.05, 3.63) is 47.2 Å². The van der Waals surface area contributed by atoms with E-state index in [2.05, 4.69) is 18.7 Å². The van der Waals surface area contributed by atoms with Crippen LogP contribution >= 0.6 is 0 Å². The van der Waals surface area contributed by atoms with Gasteiger partial charge in [-0.2, -0.15) is 22.8 Å². The monoisotopic (exact) mass is 460 g/mol. The lowest BCUT2D eigenvalue weighted by molar-refractivity contribution is -0.148. The summed E-state index contributed by atoms with van der Waals surface area (Å²) in [5.74, 6) is 0.0951. The second-order valence-corrected chi connectivity index (χ2v) is 9.35. The van der Waals surface area contributed by atoms with E-state index in [4.69, 9.17) is 10.1 Å². The molecule has 1 saturated heterocycles. The number of benzene rings is 1. The Bertz CT molecular complexity index is 1200. The van der Waals surface area contributed by atoms with Gasteiger partial charge in [0, 0.05) is 36.0 Å². The molecule has 1 unspecified atom stereocenters. The molecule has 1 atom stereocenters. The lowest BCUT2D eigenvalue weighted by Crippen LogP contribution is -2.47. The van der Waals surface area contributed by atoms with Gasteiger partial charge in [-0.05, 0) is 44.7 Å². The summed E-state index contributed by atoms with van der Waals surface area (Å²) in [4.78, 5) is 18.7. The van der Waals surface area contributed by atoms with Crippen molar-refractivity contribution in [2.75, 3.05) is 18.0 Å². The van der Waals surface area contributed by atoms with Gasteiger partial charge < -0.3 is 10.0 Å². The SMILES string of the molecule is Cc1nc2cc(-c3ccc(C(F)(F)F)cc3)nn2c(N2CCCC(C)(C(=O)O)C2)c1C(C)C. The first-order chi connectivity index (χ1) is 15.4. The molecule has 9 heteroatoms. The number of fused-ring (bicyclic) bond motifs is 1. The second-order valence-electron chi connectivity index (χ2n) is 9.35. The maximum absolute atomic E-state index is 13.0. The van der Waals surface area contributed by atoms with Gasteiger partial charge in [0.2, 0.25) is 0 Å². The van der Waals surface area contributed by atoms with Gasteiger partial charge in [0.25, 0.3) is 0 Å². The van der Waals surface area contributed by atoms with Gasteiger partial charge in [-0.1, -0.05) is 26.0 Å². The van der Waals surface area contributed by atoms with E-state index in [-0.39, 0.29) is 5.92 Å². The zero-order valence-corrected chi connectivity index (χ0v) is 19.1. The van der Waals surface area contributed by atoms with E-state index >= 15 is 0 Å². The number of rotatable bonds is 4. The molecule has 1 N–H and O–H groups in total. The third kappa shape index (κ3) is 4.16. The molecular weight excluding hydrogens is 433 g/mol. The summed E-state index contributed by atoms with van der Waals surface area (Å²) in [6.45, 7) is 8.83. The first-order valence-corrected chi connectivity index (χ1v) is 11.0. The lowest BCUT2D eigenvalue weighted by atomic mass is 9.81. The zero-order chi connectivity index (χ0) is 24.1. The van der Waals surface area contributed by atoms with E-state index in [1.54, 1.807) is 17.5 Å². The normalized spacial score (nSPS) is 19.5. The van der Waals surface area contributed by atoms with Gasteiger partial charge in [0.15, 0.2) is 5.65 Å². The summed E-state index contributed by atoms with van der Waals surface area (Å²) in [5.41, 5.74) is 1.86. The molecule has 4 rings (SSSR count). The second kappa shape index (κ2) is 8.04. The molecular formula is C24H27F3N4O2. The van der Waals surface area contributed by atoms with Crippen LogP contribution in [-0.2, 0) is 11.0 Å². The summed E-state index contributed by atoms with van der Waals surface area (Å²) >= 11 is 0. The van der Waals surface area contributed by atoms with Gasteiger partial charge >= 0.3 is 12.1 Å². The van der Waals surface area contributed by atoms with Crippen LogP contribution in [0.4, 0.5) is 19.0 Å². The number of carboxylic acid groups (broad SMARTS) is 1. The van der Waals surface area contributed by atoms with Gasteiger partial charge in [0.1, 0.15) is 5.82 Å². The van der Waals surface area contributed by atoms with E-state index in [1.807, 2.05) is 6.92 Å². The fourth-order valence-corrected chi connectivity index (χ4v) is 4.66. The summed E-state index contributed by atoms with van der Waals surface area (Å²) in [7, 11) is 0. The Kier molecular flexibility index (Phi) is 5.62. The molecule has 2 aromatic heterocycles. The van der Waals surface area contributed by atoms with Crippen molar-refractivity contribution in [2.45, 2.75) is 52.6 Å². The van der Waals surface area contributed by atoms with Gasteiger partial charge in [0.05, 0.1) is 16.7 Å². The smallest absolute Gasteiger partial charge is 0.416 e. The number of carbonyl (C=O) groups is 1. The minimum absolute atomic E-state index is 0.119. The van der Waals surface area contributed by atoms with Crippen molar-refractivity contribution >= 4 is 17.4 Å². The van der Waals surface area contributed by atoms with Crippen LogP contribution < -0.4 is 4.90 Å². The molecule has 0 radical (unpaired) electrons. The maximum atomic E-state index is 13.0. The Labute approximate surface area is 190 Å². The highest BCUT2D eigenvalue weighted by Crippen LogP contribution is 2.38. The lowest BCUT2D eigenvalue weighted by Gasteiger charge is -2.40. The number of aliphatic carboxylic acids is 1. The minimum atomic E-state index is -4.40. The summed E-state index contributed by atoms with van der Waals surface area (Å²) in [6, 6.07) is 6.65. The molecule has 0 amide bonds. The molecule has 0 bridgehead atoms. The van der Waals surface area contributed by atoms with Crippen molar-refractivity contribution in [3.8, 4) is 11.3 Å². The molecule has 1 aromatic carbocycles. The van der Waals surface area contributed by atoms with Crippen LogP contribution in [0.25, 0.3) is 16.9 Å². The first kappa shape index (κ1) is 23.1. The average Bonchev–Trinajstić information content (AvgIpc) is 3.15. The number of anilines is 1. The standard InChI is InChI=1S/C24H27F3N4O2/c1-14(2)20-15(3)28-19-12-18(16-6-8-17(9-7-16)24(25,26)27)29-31(19)21(20)30-11-5-10-23(4,13-30)22(32)33/h6-9,12,14H,5,10-11,13H2,1-4H3,(H,32,33). The van der Waals surface area contributed by atoms with Crippen molar-refractivity contribution in [1.29, 1.82) is 0 Å². The van der Waals surface area contributed by atoms with Crippen LogP contribution in [-0.4, -0.2) is 38.8 Å². The molecule has 3 heterocycles. The van der Waals surface area contributed by atoms with E-state index in [0.29, 0.717) is 36.4 Å². The fourth-order valence-electron chi connectivity index (χ4n) is 4.66. The average molecular weight is 461 g/mol. The molecule has 3 aromatic rings. The van der Waals surface area contributed by atoms with Crippen LogP contribution in [0.5, 0.6) is 0 Å². The van der Waals surface area contributed by atoms with Crippen LogP contribution in [0.1, 0.15) is 56.4 Å². The van der Waals surface area contributed by atoms with Gasteiger partial charge in [-0.25, -0.2) is 4.98 Å². The predicted octanol–water partition coefficient (Wildman–Crippen LogP) is 5.54. The highest BCUT2D eigenvalue weighted by Gasteiger charge is 2.39. The highest BCUT2D eigenvalue weighted by molar-refractivity contribution is 5.76. The number of nitrogens with zero attached hydrogens (tertiary/aromatic N) is 4. The van der Waals surface area contributed by atoms with Crippen LogP contribution in [0.3, 0.4) is 0 Å². The number of carboxylic acids is 1. The Morgan fingerprint density at radius 2 is 1.88 bits per heavy atom. The Hall–Kier alpha value is -3.10. The Morgan fingerprint density at radius 1 is 1.21 bits per heavy atom. The zero-order valence-electron chi connectivity index (χ0n) is 19.1. The van der Waals surface area contributed by atoms with Crippen LogP contribution in [0.2, 0.25) is 0 Å². The van der Waals surface area contributed by atoms with Gasteiger partial charge in [-0.3, -0.25) is 4.79 Å². The first-order valence-electron chi connectivity index (χ1n) is 11.0. The van der Waals surface area contributed by atoms with E-state index in [1.165, 1.54) is 12.1 Å². The Balaban J connectivity index is 1.86. The predicted molar refractivity (Wildman–Crippen MR) is 119 cm³/mol. The summed E-state index contributed by atoms with van der Waals surface area (Å²) < 4.78 is 40.6. The fraction of sp³-hybridized carbons (Fsp3) is 0.458. The molecule has 0 aliphatic carbocycles. The molecule has 6 nitrogen and oxygen atoms in total. The number of hydrogen-bond donors (Lipinski definition) is 1. The number of halogens is 3. The number of aromatic nitrogens is 3. The Morgan fingerprint density at radius 3 is 2.45 bits per heavy atom. The molecule has 1 aliphatic heterocycles. The van der Waals surface area contributed by atoms with E-state index in [9.17, 15) is 23.1 Å². The van der Waals surface area contributed by atoms with Crippen LogP contribution in [0.15, 0.2) is 30.3 Å². The van der Waals surface area contributed by atoms with Crippen molar-refractivity contribution < 1.29 is 23.1 Å².